The van der Waals surface area contributed by atoms with Crippen molar-refractivity contribution in [2.45, 2.75) is 45.4 Å². The highest BCUT2D eigenvalue weighted by atomic mass is 35.5. The van der Waals surface area contributed by atoms with Crippen LogP contribution in [0.5, 0.6) is 0 Å². The summed E-state index contributed by atoms with van der Waals surface area (Å²) in [4.78, 5) is 14.0. The van der Waals surface area contributed by atoms with Crippen LogP contribution in [0.4, 0.5) is 0 Å². The van der Waals surface area contributed by atoms with Crippen LogP contribution in [-0.4, -0.2) is 37.5 Å². The van der Waals surface area contributed by atoms with E-state index in [1.54, 1.807) is 0 Å². The van der Waals surface area contributed by atoms with Crippen molar-refractivity contribution in [3.05, 3.63) is 0 Å². The molecule has 0 aromatic rings. The Kier molecular flexibility index (Phi) is 9.56. The van der Waals surface area contributed by atoms with Gasteiger partial charge in [-0.1, -0.05) is 13.3 Å². The Morgan fingerprint density at radius 3 is 2.76 bits per heavy atom. The summed E-state index contributed by atoms with van der Waals surface area (Å²) in [6.07, 6.45) is 6.63. The third kappa shape index (κ3) is 6.27. The van der Waals surface area contributed by atoms with Crippen LogP contribution in [0.15, 0.2) is 0 Å². The normalized spacial score (nSPS) is 20.6. The number of halogens is 1. The largest absolute Gasteiger partial charge is 0.343 e. The molecule has 0 aromatic heterocycles. The van der Waals surface area contributed by atoms with Gasteiger partial charge in [0, 0.05) is 19.5 Å². The Morgan fingerprint density at radius 1 is 1.35 bits per heavy atom. The van der Waals surface area contributed by atoms with E-state index >= 15 is 0 Å². The molecule has 0 bridgehead atoms. The number of nitrogens with one attached hydrogen (secondary N) is 1. The number of rotatable bonds is 5. The van der Waals surface area contributed by atoms with Gasteiger partial charge in [0.15, 0.2) is 0 Å². The topological polar surface area (TPSA) is 32.3 Å². The molecule has 3 nitrogen and oxygen atoms in total. The van der Waals surface area contributed by atoms with Crippen LogP contribution in [-0.2, 0) is 4.79 Å². The third-order valence-electron chi connectivity index (χ3n) is 3.60. The average molecular weight is 263 g/mol. The number of likely N-dealkylation sites (tertiary alicyclic amines) is 1. The van der Waals surface area contributed by atoms with Gasteiger partial charge in [0.05, 0.1) is 0 Å². The highest BCUT2D eigenvalue weighted by Gasteiger charge is 2.18. The van der Waals surface area contributed by atoms with E-state index in [4.69, 9.17) is 0 Å². The number of amides is 1. The van der Waals surface area contributed by atoms with Gasteiger partial charge >= 0.3 is 0 Å². The predicted octanol–water partition coefficient (Wildman–Crippen LogP) is 2.45. The summed E-state index contributed by atoms with van der Waals surface area (Å²) in [5.74, 6) is 1.20. The number of hydrogen-bond acceptors (Lipinski definition) is 2. The Balaban J connectivity index is 0.00000256. The van der Waals surface area contributed by atoms with Gasteiger partial charge in [0.2, 0.25) is 5.91 Å². The Morgan fingerprint density at radius 2 is 2.12 bits per heavy atom. The first-order valence-corrected chi connectivity index (χ1v) is 6.70. The van der Waals surface area contributed by atoms with Crippen LogP contribution < -0.4 is 5.32 Å². The van der Waals surface area contributed by atoms with Crippen LogP contribution in [0.25, 0.3) is 0 Å². The van der Waals surface area contributed by atoms with Crippen molar-refractivity contribution in [3.8, 4) is 0 Å². The molecule has 17 heavy (non-hydrogen) atoms. The maximum Gasteiger partial charge on any atom is 0.222 e. The van der Waals surface area contributed by atoms with E-state index in [0.29, 0.717) is 12.3 Å². The molecule has 1 unspecified atom stereocenters. The molecule has 1 saturated heterocycles. The first-order chi connectivity index (χ1) is 7.77. The Bertz CT molecular complexity index is 212. The molecule has 0 saturated carbocycles. The van der Waals surface area contributed by atoms with Crippen LogP contribution in [0.2, 0.25) is 0 Å². The molecule has 0 spiro atoms. The lowest BCUT2D eigenvalue weighted by atomic mass is 9.98. The molecule has 1 aliphatic heterocycles. The molecule has 1 N–H and O–H groups in total. The molecule has 1 amide bonds. The van der Waals surface area contributed by atoms with E-state index in [-0.39, 0.29) is 12.4 Å². The molecular formula is C13H27ClN2O. The lowest BCUT2D eigenvalue weighted by molar-refractivity contribution is -0.131. The number of carbonyl (C=O) groups excluding carboxylic acids is 1. The van der Waals surface area contributed by atoms with Gasteiger partial charge < -0.3 is 10.2 Å². The van der Waals surface area contributed by atoms with Crippen LogP contribution >= 0.6 is 12.4 Å². The SMILES string of the molecule is CCC1CCCN(C(=O)CCCNC)CC1.Cl. The van der Waals surface area contributed by atoms with Crippen LogP contribution in [0, 0.1) is 5.92 Å². The minimum Gasteiger partial charge on any atom is -0.343 e. The van der Waals surface area contributed by atoms with Crippen molar-refractivity contribution in [3.63, 3.8) is 0 Å². The van der Waals surface area contributed by atoms with Gasteiger partial charge in [0.1, 0.15) is 0 Å². The zero-order chi connectivity index (χ0) is 11.8. The molecule has 1 atom stereocenters. The van der Waals surface area contributed by atoms with E-state index in [1.165, 1.54) is 25.7 Å². The van der Waals surface area contributed by atoms with E-state index in [2.05, 4.69) is 17.1 Å². The summed E-state index contributed by atoms with van der Waals surface area (Å²) < 4.78 is 0. The predicted molar refractivity (Wildman–Crippen MR) is 74.6 cm³/mol. The second-order valence-electron chi connectivity index (χ2n) is 4.79. The van der Waals surface area contributed by atoms with E-state index in [0.717, 1.165) is 32.0 Å². The van der Waals surface area contributed by atoms with Crippen molar-refractivity contribution in [2.75, 3.05) is 26.7 Å². The van der Waals surface area contributed by atoms with Crippen LogP contribution in [0.3, 0.4) is 0 Å². The molecule has 1 fully saturated rings. The van der Waals surface area contributed by atoms with Crippen molar-refractivity contribution < 1.29 is 4.79 Å². The molecule has 4 heteroatoms. The van der Waals surface area contributed by atoms with E-state index < -0.39 is 0 Å². The van der Waals surface area contributed by atoms with Gasteiger partial charge in [0.25, 0.3) is 0 Å². The molecule has 102 valence electrons. The quantitative estimate of drug-likeness (QED) is 0.772. The van der Waals surface area contributed by atoms with Crippen molar-refractivity contribution in [1.82, 2.24) is 10.2 Å². The number of carbonyl (C=O) groups is 1. The third-order valence-corrected chi connectivity index (χ3v) is 3.60. The molecule has 0 aromatic carbocycles. The van der Waals surface area contributed by atoms with Gasteiger partial charge in [-0.3, -0.25) is 4.79 Å². The van der Waals surface area contributed by atoms with Gasteiger partial charge in [-0.15, -0.1) is 12.4 Å². The summed E-state index contributed by atoms with van der Waals surface area (Å²) in [6.45, 7) is 5.16. The molecule has 1 heterocycles. The second-order valence-corrected chi connectivity index (χ2v) is 4.79. The minimum atomic E-state index is 0. The van der Waals surface area contributed by atoms with Crippen molar-refractivity contribution >= 4 is 18.3 Å². The molecule has 0 radical (unpaired) electrons. The smallest absolute Gasteiger partial charge is 0.222 e. The lowest BCUT2D eigenvalue weighted by Crippen LogP contribution is -2.32. The fraction of sp³-hybridized carbons (Fsp3) is 0.923. The summed E-state index contributed by atoms with van der Waals surface area (Å²) in [7, 11) is 1.93. The molecular weight excluding hydrogens is 236 g/mol. The van der Waals surface area contributed by atoms with Gasteiger partial charge in [-0.2, -0.15) is 0 Å². The fourth-order valence-corrected chi connectivity index (χ4v) is 2.40. The van der Waals surface area contributed by atoms with E-state index in [9.17, 15) is 4.79 Å². The minimum absolute atomic E-state index is 0. The summed E-state index contributed by atoms with van der Waals surface area (Å²) in [5.41, 5.74) is 0. The van der Waals surface area contributed by atoms with Crippen LogP contribution in [0.1, 0.15) is 45.4 Å². The maximum atomic E-state index is 11.9. The number of hydrogen-bond donors (Lipinski definition) is 1. The molecule has 0 aliphatic carbocycles. The van der Waals surface area contributed by atoms with Crippen molar-refractivity contribution in [2.24, 2.45) is 5.92 Å². The average Bonchev–Trinajstić information content (AvgIpc) is 2.54. The fourth-order valence-electron chi connectivity index (χ4n) is 2.40. The summed E-state index contributed by atoms with van der Waals surface area (Å²) >= 11 is 0. The first kappa shape index (κ1) is 16.7. The lowest BCUT2D eigenvalue weighted by Gasteiger charge is -2.20. The zero-order valence-electron chi connectivity index (χ0n) is 11.2. The second kappa shape index (κ2) is 9.72. The number of nitrogens with zero attached hydrogens (tertiary/aromatic N) is 1. The monoisotopic (exact) mass is 262 g/mol. The Hall–Kier alpha value is -0.280. The standard InChI is InChI=1S/C13H26N2O.ClH/c1-3-12-6-5-10-15(11-8-12)13(16)7-4-9-14-2;/h12,14H,3-11H2,1-2H3;1H. The van der Waals surface area contributed by atoms with Crippen molar-refractivity contribution in [1.29, 1.82) is 0 Å². The zero-order valence-corrected chi connectivity index (χ0v) is 12.0. The summed E-state index contributed by atoms with van der Waals surface area (Å²) in [5, 5.41) is 3.08. The van der Waals surface area contributed by atoms with Gasteiger partial charge in [-0.05, 0) is 45.2 Å². The Labute approximate surface area is 112 Å². The highest BCUT2D eigenvalue weighted by molar-refractivity contribution is 5.85. The first-order valence-electron chi connectivity index (χ1n) is 6.70. The highest BCUT2D eigenvalue weighted by Crippen LogP contribution is 2.20. The molecule has 1 rings (SSSR count). The van der Waals surface area contributed by atoms with E-state index in [1.807, 2.05) is 7.05 Å². The summed E-state index contributed by atoms with van der Waals surface area (Å²) in [6, 6.07) is 0. The molecule has 1 aliphatic rings. The maximum absolute atomic E-state index is 11.9. The van der Waals surface area contributed by atoms with Gasteiger partial charge in [-0.25, -0.2) is 0 Å².